The molecular weight excluding hydrogens is 270 g/mol. The normalized spacial score (nSPS) is 12.4. The molecule has 5 heteroatoms. The van der Waals surface area contributed by atoms with Crippen LogP contribution in [0.3, 0.4) is 0 Å². The van der Waals surface area contributed by atoms with Crippen LogP contribution in [0.5, 0.6) is 5.75 Å². The van der Waals surface area contributed by atoms with Crippen LogP contribution in [0, 0.1) is 6.92 Å². The second kappa shape index (κ2) is 10.6. The molecule has 120 valence electrons. The van der Waals surface area contributed by atoms with Crippen LogP contribution in [0.15, 0.2) is 18.2 Å². The first kappa shape index (κ1) is 17.9. The lowest BCUT2D eigenvalue weighted by Gasteiger charge is -2.16. The Labute approximate surface area is 127 Å². The van der Waals surface area contributed by atoms with E-state index in [-0.39, 0.29) is 13.2 Å². The van der Waals surface area contributed by atoms with Gasteiger partial charge in [-0.1, -0.05) is 24.6 Å². The van der Waals surface area contributed by atoms with Gasteiger partial charge in [-0.25, -0.2) is 0 Å². The molecule has 1 aromatic carbocycles. The summed E-state index contributed by atoms with van der Waals surface area (Å²) in [6.07, 6.45) is -0.643. The predicted octanol–water partition coefficient (Wildman–Crippen LogP) is 1.51. The Kier molecular flexibility index (Phi) is 9.01. The van der Waals surface area contributed by atoms with Crippen LogP contribution in [0.25, 0.3) is 0 Å². The Morgan fingerprint density at radius 3 is 2.76 bits per heavy atom. The van der Waals surface area contributed by atoms with Crippen LogP contribution in [0.4, 0.5) is 0 Å². The van der Waals surface area contributed by atoms with Gasteiger partial charge < -0.3 is 24.6 Å². The van der Waals surface area contributed by atoms with Crippen molar-refractivity contribution in [3.05, 3.63) is 29.3 Å². The van der Waals surface area contributed by atoms with Gasteiger partial charge in [0.15, 0.2) is 0 Å². The maximum Gasteiger partial charge on any atom is 0.123 e. The van der Waals surface area contributed by atoms with Gasteiger partial charge in [-0.15, -0.1) is 0 Å². The highest BCUT2D eigenvalue weighted by Gasteiger charge is 2.08. The van der Waals surface area contributed by atoms with E-state index in [0.29, 0.717) is 13.2 Å². The molecule has 1 atom stereocenters. The Balaban J connectivity index is 2.42. The molecule has 1 aromatic rings. The van der Waals surface area contributed by atoms with Gasteiger partial charge in [-0.3, -0.25) is 0 Å². The lowest BCUT2D eigenvalue weighted by Crippen LogP contribution is -2.25. The van der Waals surface area contributed by atoms with Crippen molar-refractivity contribution < 1.29 is 19.3 Å². The number of ether oxygens (including phenoxy) is 3. The third-order valence-electron chi connectivity index (χ3n) is 2.95. The minimum Gasteiger partial charge on any atom is -0.490 e. The molecule has 0 heterocycles. The van der Waals surface area contributed by atoms with Gasteiger partial charge in [0.2, 0.25) is 0 Å². The van der Waals surface area contributed by atoms with Gasteiger partial charge in [-0.05, 0) is 19.5 Å². The van der Waals surface area contributed by atoms with Crippen molar-refractivity contribution in [1.29, 1.82) is 0 Å². The molecule has 0 bridgehead atoms. The molecular formula is C16H27NO4. The smallest absolute Gasteiger partial charge is 0.123 e. The van der Waals surface area contributed by atoms with Gasteiger partial charge in [0.1, 0.15) is 18.5 Å². The molecule has 0 aliphatic rings. The maximum atomic E-state index is 9.82. The summed E-state index contributed by atoms with van der Waals surface area (Å²) in [5.41, 5.74) is 2.29. The van der Waals surface area contributed by atoms with E-state index < -0.39 is 6.10 Å². The minimum atomic E-state index is -0.643. The summed E-state index contributed by atoms with van der Waals surface area (Å²) in [7, 11) is 1.62. The summed E-state index contributed by atoms with van der Waals surface area (Å²) in [4.78, 5) is 0. The highest BCUT2D eigenvalue weighted by molar-refractivity contribution is 5.36. The van der Waals surface area contributed by atoms with Gasteiger partial charge in [0.05, 0.1) is 19.8 Å². The molecule has 0 saturated carbocycles. The fourth-order valence-electron chi connectivity index (χ4n) is 1.84. The number of aryl methyl sites for hydroxylation is 1. The molecule has 1 unspecified atom stereocenters. The van der Waals surface area contributed by atoms with Gasteiger partial charge in [-0.2, -0.15) is 0 Å². The number of methoxy groups -OCH3 is 1. The van der Waals surface area contributed by atoms with Crippen LogP contribution in [-0.2, 0) is 16.0 Å². The van der Waals surface area contributed by atoms with E-state index in [2.05, 4.69) is 25.2 Å². The highest BCUT2D eigenvalue weighted by Crippen LogP contribution is 2.20. The standard InChI is InChI=1S/C16H27NO4/c1-4-17-10-14-9-13(2)5-6-16(14)21-12-15(18)11-20-8-7-19-3/h5-6,9,15,17-18H,4,7-8,10-12H2,1-3H3. The molecule has 0 fully saturated rings. The van der Waals surface area contributed by atoms with Crippen molar-refractivity contribution >= 4 is 0 Å². The molecule has 21 heavy (non-hydrogen) atoms. The van der Waals surface area contributed by atoms with E-state index in [1.807, 2.05) is 12.1 Å². The van der Waals surface area contributed by atoms with Crippen molar-refractivity contribution in [3.8, 4) is 5.75 Å². The molecule has 0 saturated heterocycles. The molecule has 1 rings (SSSR count). The van der Waals surface area contributed by atoms with Crippen LogP contribution in [0.2, 0.25) is 0 Å². The fourth-order valence-corrected chi connectivity index (χ4v) is 1.84. The van der Waals surface area contributed by atoms with Crippen molar-refractivity contribution in [1.82, 2.24) is 5.32 Å². The average molecular weight is 297 g/mol. The second-order valence-electron chi connectivity index (χ2n) is 4.92. The SMILES string of the molecule is CCNCc1cc(C)ccc1OCC(O)COCCOC. The second-order valence-corrected chi connectivity index (χ2v) is 4.92. The maximum absolute atomic E-state index is 9.82. The molecule has 2 N–H and O–H groups in total. The fraction of sp³-hybridized carbons (Fsp3) is 0.625. The van der Waals surface area contributed by atoms with Crippen LogP contribution < -0.4 is 10.1 Å². The number of benzene rings is 1. The van der Waals surface area contributed by atoms with Crippen molar-refractivity contribution in [2.45, 2.75) is 26.5 Å². The molecule has 0 spiro atoms. The molecule has 0 amide bonds. The van der Waals surface area contributed by atoms with Gasteiger partial charge >= 0.3 is 0 Å². The van der Waals surface area contributed by atoms with Crippen LogP contribution in [-0.4, -0.2) is 51.3 Å². The summed E-state index contributed by atoms with van der Waals surface area (Å²) >= 11 is 0. The Morgan fingerprint density at radius 2 is 2.05 bits per heavy atom. The molecule has 0 radical (unpaired) electrons. The third-order valence-corrected chi connectivity index (χ3v) is 2.95. The first-order valence-electron chi connectivity index (χ1n) is 7.35. The first-order valence-corrected chi connectivity index (χ1v) is 7.35. The van der Waals surface area contributed by atoms with Crippen molar-refractivity contribution in [2.75, 3.05) is 40.1 Å². The van der Waals surface area contributed by atoms with Crippen molar-refractivity contribution in [3.63, 3.8) is 0 Å². The zero-order valence-corrected chi connectivity index (χ0v) is 13.2. The zero-order chi connectivity index (χ0) is 15.5. The zero-order valence-electron chi connectivity index (χ0n) is 13.2. The van der Waals surface area contributed by atoms with Crippen LogP contribution >= 0.6 is 0 Å². The summed E-state index contributed by atoms with van der Waals surface area (Å²) in [6.45, 7) is 7.25. The number of hydrogen-bond acceptors (Lipinski definition) is 5. The number of nitrogens with one attached hydrogen (secondary N) is 1. The third kappa shape index (κ3) is 7.43. The monoisotopic (exact) mass is 297 g/mol. The van der Waals surface area contributed by atoms with E-state index in [0.717, 1.165) is 24.4 Å². The molecule has 5 nitrogen and oxygen atoms in total. The first-order chi connectivity index (χ1) is 10.2. The summed E-state index contributed by atoms with van der Waals surface area (Å²) in [5, 5.41) is 13.1. The topological polar surface area (TPSA) is 60.0 Å². The summed E-state index contributed by atoms with van der Waals surface area (Å²) in [6, 6.07) is 6.05. The van der Waals surface area contributed by atoms with Gasteiger partial charge in [0.25, 0.3) is 0 Å². The lowest BCUT2D eigenvalue weighted by atomic mass is 10.1. The van der Waals surface area contributed by atoms with E-state index in [1.54, 1.807) is 7.11 Å². The van der Waals surface area contributed by atoms with Crippen LogP contribution in [0.1, 0.15) is 18.1 Å². The molecule has 0 aliphatic carbocycles. The van der Waals surface area contributed by atoms with E-state index >= 15 is 0 Å². The largest absolute Gasteiger partial charge is 0.490 e. The predicted molar refractivity (Wildman–Crippen MR) is 82.8 cm³/mol. The number of hydrogen-bond donors (Lipinski definition) is 2. The summed E-state index contributed by atoms with van der Waals surface area (Å²) < 4.78 is 15.9. The van der Waals surface area contributed by atoms with E-state index in [4.69, 9.17) is 14.2 Å². The van der Waals surface area contributed by atoms with Gasteiger partial charge in [0, 0.05) is 19.2 Å². The Hall–Kier alpha value is -1.14. The highest BCUT2D eigenvalue weighted by atomic mass is 16.5. The Morgan fingerprint density at radius 1 is 1.24 bits per heavy atom. The van der Waals surface area contributed by atoms with E-state index in [1.165, 1.54) is 5.56 Å². The lowest BCUT2D eigenvalue weighted by molar-refractivity contribution is -0.00432. The molecule has 0 aliphatic heterocycles. The Bertz CT molecular complexity index is 398. The number of rotatable bonds is 11. The minimum absolute atomic E-state index is 0.217. The quantitative estimate of drug-likeness (QED) is 0.606. The summed E-state index contributed by atoms with van der Waals surface area (Å²) in [5.74, 6) is 0.803. The van der Waals surface area contributed by atoms with Crippen molar-refractivity contribution in [2.24, 2.45) is 0 Å². The number of aliphatic hydroxyl groups excluding tert-OH is 1. The molecule has 0 aromatic heterocycles. The average Bonchev–Trinajstić information content (AvgIpc) is 2.48. The number of aliphatic hydroxyl groups is 1. The van der Waals surface area contributed by atoms with E-state index in [9.17, 15) is 5.11 Å².